The second-order valence-corrected chi connectivity index (χ2v) is 5.88. The highest BCUT2D eigenvalue weighted by molar-refractivity contribution is 5.93. The fraction of sp³-hybridized carbons (Fsp3) is 0.150. The lowest BCUT2D eigenvalue weighted by molar-refractivity contribution is 0.0950. The molecule has 0 saturated heterocycles. The summed E-state index contributed by atoms with van der Waals surface area (Å²) in [6, 6.07) is 14.1. The summed E-state index contributed by atoms with van der Waals surface area (Å²) in [5, 5.41) is 5.90. The largest absolute Gasteiger partial charge is 0.350 e. The van der Waals surface area contributed by atoms with Crippen LogP contribution >= 0.6 is 0 Å². The highest BCUT2D eigenvalue weighted by atomic mass is 19.1. The van der Waals surface area contributed by atoms with E-state index in [1.807, 2.05) is 31.2 Å². The van der Waals surface area contributed by atoms with E-state index in [0.29, 0.717) is 24.6 Å². The Morgan fingerprint density at radius 2 is 1.69 bits per heavy atom. The van der Waals surface area contributed by atoms with Gasteiger partial charge in [0.25, 0.3) is 5.91 Å². The van der Waals surface area contributed by atoms with Crippen LogP contribution in [0.4, 0.5) is 10.3 Å². The maximum Gasteiger partial charge on any atom is 0.254 e. The van der Waals surface area contributed by atoms with Crippen LogP contribution in [0.25, 0.3) is 0 Å². The first-order valence-electron chi connectivity index (χ1n) is 8.25. The van der Waals surface area contributed by atoms with Crippen molar-refractivity contribution >= 4 is 11.9 Å². The number of hydrogen-bond acceptors (Lipinski definition) is 4. The molecule has 5 nitrogen and oxygen atoms in total. The summed E-state index contributed by atoms with van der Waals surface area (Å²) in [7, 11) is 0. The molecule has 0 aliphatic carbocycles. The molecule has 3 rings (SSSR count). The Hall–Kier alpha value is -3.28. The lowest BCUT2D eigenvalue weighted by atomic mass is 10.1. The summed E-state index contributed by atoms with van der Waals surface area (Å²) < 4.78 is 12.9. The maximum atomic E-state index is 12.9. The van der Waals surface area contributed by atoms with Crippen LogP contribution in [0.3, 0.4) is 0 Å². The lowest BCUT2D eigenvalue weighted by Crippen LogP contribution is -2.23. The Labute approximate surface area is 151 Å². The molecule has 0 atom stereocenters. The van der Waals surface area contributed by atoms with Crippen LogP contribution in [0.2, 0.25) is 0 Å². The molecule has 0 bridgehead atoms. The third kappa shape index (κ3) is 4.63. The van der Waals surface area contributed by atoms with E-state index >= 15 is 0 Å². The summed E-state index contributed by atoms with van der Waals surface area (Å²) in [6.07, 6.45) is 2.96. The van der Waals surface area contributed by atoms with Crippen LogP contribution in [0.5, 0.6) is 0 Å². The molecule has 0 spiro atoms. The van der Waals surface area contributed by atoms with Gasteiger partial charge in [0.05, 0.1) is 5.56 Å². The first-order chi connectivity index (χ1) is 12.6. The zero-order chi connectivity index (χ0) is 18.4. The van der Waals surface area contributed by atoms with Crippen molar-refractivity contribution in [1.29, 1.82) is 0 Å². The molecule has 0 aliphatic rings. The maximum absolute atomic E-state index is 12.9. The Morgan fingerprint density at radius 1 is 1.00 bits per heavy atom. The molecule has 26 heavy (non-hydrogen) atoms. The smallest absolute Gasteiger partial charge is 0.254 e. The Kier molecular flexibility index (Phi) is 5.53. The predicted octanol–water partition coefficient (Wildman–Crippen LogP) is 3.47. The SMILES string of the molecule is Cc1ccccc1CNc1ncc(C(=O)NCc2ccc(F)cc2)cn1. The van der Waals surface area contributed by atoms with Crippen LogP contribution in [0.1, 0.15) is 27.0 Å². The number of amides is 1. The topological polar surface area (TPSA) is 66.9 Å². The highest BCUT2D eigenvalue weighted by Crippen LogP contribution is 2.09. The van der Waals surface area contributed by atoms with E-state index in [2.05, 4.69) is 20.6 Å². The summed E-state index contributed by atoms with van der Waals surface area (Å²) in [5.74, 6) is -0.120. The van der Waals surface area contributed by atoms with E-state index in [-0.39, 0.29) is 11.7 Å². The normalized spacial score (nSPS) is 10.4. The van der Waals surface area contributed by atoms with E-state index in [9.17, 15) is 9.18 Å². The molecule has 1 amide bonds. The Morgan fingerprint density at radius 3 is 2.38 bits per heavy atom. The number of nitrogens with zero attached hydrogens (tertiary/aromatic N) is 2. The Bertz CT molecular complexity index is 879. The van der Waals surface area contributed by atoms with E-state index in [0.717, 1.165) is 11.1 Å². The standard InChI is InChI=1S/C20H19FN4O/c1-14-4-2-3-5-16(14)11-23-20-24-12-17(13-25-20)19(26)22-10-15-6-8-18(21)9-7-15/h2-9,12-13H,10-11H2,1H3,(H,22,26)(H,23,24,25). The fourth-order valence-corrected chi connectivity index (χ4v) is 2.41. The van der Waals surface area contributed by atoms with Gasteiger partial charge < -0.3 is 10.6 Å². The second kappa shape index (κ2) is 8.20. The lowest BCUT2D eigenvalue weighted by Gasteiger charge is -2.08. The summed E-state index contributed by atoms with van der Waals surface area (Å²) >= 11 is 0. The summed E-state index contributed by atoms with van der Waals surface area (Å²) in [5.41, 5.74) is 3.54. The van der Waals surface area contributed by atoms with Gasteiger partial charge in [0.15, 0.2) is 0 Å². The van der Waals surface area contributed by atoms with E-state index in [1.165, 1.54) is 30.1 Å². The molecule has 3 aromatic rings. The number of nitrogens with one attached hydrogen (secondary N) is 2. The molecule has 1 heterocycles. The molecular formula is C20H19FN4O. The molecule has 0 fully saturated rings. The predicted molar refractivity (Wildman–Crippen MR) is 98.1 cm³/mol. The number of anilines is 1. The van der Waals surface area contributed by atoms with Crippen molar-refractivity contribution in [2.75, 3.05) is 5.32 Å². The first-order valence-corrected chi connectivity index (χ1v) is 8.25. The van der Waals surface area contributed by atoms with Gasteiger partial charge in [-0.05, 0) is 35.7 Å². The minimum absolute atomic E-state index is 0.278. The van der Waals surface area contributed by atoms with E-state index in [1.54, 1.807) is 12.1 Å². The number of hydrogen-bond donors (Lipinski definition) is 2. The number of carbonyl (C=O) groups is 1. The van der Waals surface area contributed by atoms with Crippen LogP contribution in [-0.2, 0) is 13.1 Å². The van der Waals surface area contributed by atoms with Gasteiger partial charge in [0.2, 0.25) is 5.95 Å². The number of benzene rings is 2. The van der Waals surface area contributed by atoms with Crippen molar-refractivity contribution in [3.63, 3.8) is 0 Å². The van der Waals surface area contributed by atoms with Crippen LogP contribution in [0.15, 0.2) is 60.9 Å². The summed E-state index contributed by atoms with van der Waals surface area (Å²) in [6.45, 7) is 2.97. The molecule has 2 aromatic carbocycles. The second-order valence-electron chi connectivity index (χ2n) is 5.88. The van der Waals surface area contributed by atoms with Crippen molar-refractivity contribution in [3.8, 4) is 0 Å². The van der Waals surface area contributed by atoms with Gasteiger partial charge in [-0.25, -0.2) is 14.4 Å². The molecule has 6 heteroatoms. The molecule has 132 valence electrons. The minimum atomic E-state index is -0.303. The minimum Gasteiger partial charge on any atom is -0.350 e. The molecule has 0 unspecified atom stereocenters. The third-order valence-corrected chi connectivity index (χ3v) is 3.98. The van der Waals surface area contributed by atoms with Crippen molar-refractivity contribution < 1.29 is 9.18 Å². The fourth-order valence-electron chi connectivity index (χ4n) is 2.41. The van der Waals surface area contributed by atoms with Gasteiger partial charge in [-0.1, -0.05) is 36.4 Å². The van der Waals surface area contributed by atoms with Crippen molar-refractivity contribution in [1.82, 2.24) is 15.3 Å². The van der Waals surface area contributed by atoms with E-state index < -0.39 is 0 Å². The number of halogens is 1. The van der Waals surface area contributed by atoms with Gasteiger partial charge in [-0.3, -0.25) is 4.79 Å². The van der Waals surface area contributed by atoms with E-state index in [4.69, 9.17) is 0 Å². The summed E-state index contributed by atoms with van der Waals surface area (Å²) in [4.78, 5) is 20.5. The van der Waals surface area contributed by atoms with Crippen LogP contribution in [-0.4, -0.2) is 15.9 Å². The average Bonchev–Trinajstić information content (AvgIpc) is 2.67. The molecule has 0 saturated carbocycles. The van der Waals surface area contributed by atoms with Gasteiger partial charge in [0, 0.05) is 25.5 Å². The Balaban J connectivity index is 1.54. The van der Waals surface area contributed by atoms with Gasteiger partial charge in [-0.15, -0.1) is 0 Å². The van der Waals surface area contributed by atoms with Gasteiger partial charge in [0.1, 0.15) is 5.82 Å². The van der Waals surface area contributed by atoms with Gasteiger partial charge >= 0.3 is 0 Å². The average molecular weight is 350 g/mol. The first kappa shape index (κ1) is 17.5. The molecule has 1 aromatic heterocycles. The molecule has 2 N–H and O–H groups in total. The molecule has 0 radical (unpaired) electrons. The zero-order valence-electron chi connectivity index (χ0n) is 14.4. The van der Waals surface area contributed by atoms with Crippen molar-refractivity contribution in [2.24, 2.45) is 0 Å². The van der Waals surface area contributed by atoms with Crippen molar-refractivity contribution in [3.05, 3.63) is 89.0 Å². The third-order valence-electron chi connectivity index (χ3n) is 3.98. The quantitative estimate of drug-likeness (QED) is 0.714. The van der Waals surface area contributed by atoms with Gasteiger partial charge in [-0.2, -0.15) is 0 Å². The molecular weight excluding hydrogens is 331 g/mol. The van der Waals surface area contributed by atoms with Crippen molar-refractivity contribution in [2.45, 2.75) is 20.0 Å². The number of rotatable bonds is 6. The zero-order valence-corrected chi connectivity index (χ0v) is 14.4. The number of aryl methyl sites for hydroxylation is 1. The highest BCUT2D eigenvalue weighted by Gasteiger charge is 2.07. The number of carbonyl (C=O) groups excluding carboxylic acids is 1. The number of aromatic nitrogens is 2. The monoisotopic (exact) mass is 350 g/mol. The molecule has 0 aliphatic heterocycles. The van der Waals surface area contributed by atoms with Crippen LogP contribution in [0, 0.1) is 12.7 Å². The van der Waals surface area contributed by atoms with Crippen LogP contribution < -0.4 is 10.6 Å².